The maximum Gasteiger partial charge on any atom is 0.129 e. The number of para-hydroxylation sites is 2. The minimum absolute atomic E-state index is 0.740. The Morgan fingerprint density at radius 3 is 2.10 bits per heavy atom. The summed E-state index contributed by atoms with van der Waals surface area (Å²) in [6, 6.07) is 12.4. The minimum Gasteiger partial charge on any atom is -0.378 e. The van der Waals surface area contributed by atoms with Crippen LogP contribution in [0.1, 0.15) is 0 Å². The molecule has 0 unspecified atom stereocenters. The molecule has 2 aliphatic heterocycles. The first-order valence-electron chi connectivity index (χ1n) is 10.5. The van der Waals surface area contributed by atoms with Crippen molar-refractivity contribution in [3.8, 4) is 0 Å². The smallest absolute Gasteiger partial charge is 0.129 e. The number of rotatable bonds is 2. The summed E-state index contributed by atoms with van der Waals surface area (Å²) in [5, 5.41) is 2.22. The predicted molar refractivity (Wildman–Crippen MR) is 118 cm³/mol. The predicted octanol–water partition coefficient (Wildman–Crippen LogP) is 3.00. The summed E-state index contributed by atoms with van der Waals surface area (Å²) >= 11 is 0. The number of benzene rings is 2. The first-order valence-corrected chi connectivity index (χ1v) is 10.5. The first-order chi connectivity index (χ1) is 14.9. The van der Waals surface area contributed by atoms with Crippen LogP contribution >= 0.6 is 0 Å². The molecule has 4 heterocycles. The molecule has 0 N–H and O–H groups in total. The molecule has 6 rings (SSSR count). The fourth-order valence-corrected chi connectivity index (χ4v) is 4.40. The van der Waals surface area contributed by atoms with Crippen LogP contribution in [0.2, 0.25) is 0 Å². The van der Waals surface area contributed by atoms with Crippen LogP contribution in [0.4, 0.5) is 11.5 Å². The summed E-state index contributed by atoms with van der Waals surface area (Å²) < 4.78 is 11.1. The molecule has 30 heavy (non-hydrogen) atoms. The molecule has 0 bridgehead atoms. The Morgan fingerprint density at radius 1 is 0.700 bits per heavy atom. The molecule has 0 saturated carbocycles. The van der Waals surface area contributed by atoms with E-state index in [0.29, 0.717) is 0 Å². The van der Waals surface area contributed by atoms with Crippen molar-refractivity contribution in [2.45, 2.75) is 0 Å². The highest BCUT2D eigenvalue weighted by atomic mass is 16.5. The van der Waals surface area contributed by atoms with Gasteiger partial charge in [0, 0.05) is 48.8 Å². The van der Waals surface area contributed by atoms with E-state index in [1.54, 1.807) is 0 Å². The van der Waals surface area contributed by atoms with E-state index in [1.807, 2.05) is 30.5 Å². The maximum absolute atomic E-state index is 5.59. The number of fused-ring (bicyclic) bond motifs is 4. The van der Waals surface area contributed by atoms with Gasteiger partial charge in [-0.05, 0) is 24.3 Å². The Balaban J connectivity index is 1.60. The Labute approximate surface area is 174 Å². The monoisotopic (exact) mass is 401 g/mol. The minimum atomic E-state index is 0.740. The lowest BCUT2D eigenvalue weighted by atomic mass is 10.1. The SMILES string of the molecule is c1ccc2nc3c(cc(N4CCOCC4)c4cc(N5CCOCC5)ncc43)nc2c1. The van der Waals surface area contributed by atoms with E-state index in [0.717, 1.165) is 85.9 Å². The Kier molecular flexibility index (Phi) is 4.35. The second kappa shape index (κ2) is 7.34. The topological polar surface area (TPSA) is 63.6 Å². The number of nitrogens with zero attached hydrogens (tertiary/aromatic N) is 5. The van der Waals surface area contributed by atoms with Crippen molar-refractivity contribution in [1.82, 2.24) is 15.0 Å². The third-order valence-corrected chi connectivity index (χ3v) is 5.98. The Bertz CT molecular complexity index is 1230. The average Bonchev–Trinajstić information content (AvgIpc) is 2.83. The second-order valence-corrected chi connectivity index (χ2v) is 7.76. The van der Waals surface area contributed by atoms with Crippen molar-refractivity contribution in [3.63, 3.8) is 0 Å². The molecule has 7 nitrogen and oxygen atoms in total. The van der Waals surface area contributed by atoms with Gasteiger partial charge in [-0.1, -0.05) is 12.1 Å². The number of hydrogen-bond donors (Lipinski definition) is 0. The third-order valence-electron chi connectivity index (χ3n) is 5.98. The zero-order valence-corrected chi connectivity index (χ0v) is 16.8. The molecule has 2 aromatic heterocycles. The van der Waals surface area contributed by atoms with Crippen molar-refractivity contribution in [1.29, 1.82) is 0 Å². The van der Waals surface area contributed by atoms with E-state index in [-0.39, 0.29) is 0 Å². The van der Waals surface area contributed by atoms with E-state index in [9.17, 15) is 0 Å². The lowest BCUT2D eigenvalue weighted by Crippen LogP contribution is -2.37. The Morgan fingerprint density at radius 2 is 1.37 bits per heavy atom. The zero-order valence-electron chi connectivity index (χ0n) is 16.8. The standard InChI is InChI=1S/C23H23N5O2/c1-2-4-19-18(3-1)25-20-14-21(27-5-9-29-10-6-27)16-13-22(28-7-11-30-12-8-28)24-15-17(16)23(20)26-19/h1-4,13-15H,5-12H2. The zero-order chi connectivity index (χ0) is 19.9. The molecular weight excluding hydrogens is 378 g/mol. The molecule has 2 saturated heterocycles. The molecule has 7 heteroatoms. The van der Waals surface area contributed by atoms with Crippen molar-refractivity contribution >= 4 is 44.3 Å². The van der Waals surface area contributed by atoms with Gasteiger partial charge in [0.15, 0.2) is 0 Å². The van der Waals surface area contributed by atoms with Crippen LogP contribution in [0, 0.1) is 0 Å². The van der Waals surface area contributed by atoms with Crippen LogP contribution in [0.15, 0.2) is 42.6 Å². The van der Waals surface area contributed by atoms with Gasteiger partial charge in [0.25, 0.3) is 0 Å². The highest BCUT2D eigenvalue weighted by Gasteiger charge is 2.20. The number of anilines is 2. The Hall–Kier alpha value is -3.03. The molecule has 0 amide bonds. The molecule has 2 aromatic carbocycles. The number of morpholine rings is 2. The van der Waals surface area contributed by atoms with Crippen molar-refractivity contribution in [2.75, 3.05) is 62.4 Å². The quantitative estimate of drug-likeness (QED) is 0.378. The molecule has 4 aromatic rings. The van der Waals surface area contributed by atoms with Crippen molar-refractivity contribution in [2.24, 2.45) is 0 Å². The van der Waals surface area contributed by atoms with Crippen LogP contribution in [0.25, 0.3) is 32.8 Å². The number of pyridine rings is 1. The molecule has 0 aliphatic carbocycles. The van der Waals surface area contributed by atoms with Crippen LogP contribution in [0.3, 0.4) is 0 Å². The van der Waals surface area contributed by atoms with Gasteiger partial charge in [-0.25, -0.2) is 15.0 Å². The summed E-state index contributed by atoms with van der Waals surface area (Å²) in [7, 11) is 0. The molecule has 0 atom stereocenters. The summed E-state index contributed by atoms with van der Waals surface area (Å²) in [5.74, 6) is 0.994. The highest BCUT2D eigenvalue weighted by molar-refractivity contribution is 6.12. The number of ether oxygens (including phenoxy) is 2. The summed E-state index contributed by atoms with van der Waals surface area (Å²) in [5.41, 5.74) is 4.81. The molecule has 0 spiro atoms. The van der Waals surface area contributed by atoms with E-state index >= 15 is 0 Å². The lowest BCUT2D eigenvalue weighted by molar-refractivity contribution is 0.122. The molecule has 2 fully saturated rings. The molecule has 0 radical (unpaired) electrons. The van der Waals surface area contributed by atoms with Crippen LogP contribution < -0.4 is 9.80 Å². The normalized spacial score (nSPS) is 17.9. The molecule has 2 aliphatic rings. The van der Waals surface area contributed by atoms with Crippen molar-refractivity contribution in [3.05, 3.63) is 42.6 Å². The van der Waals surface area contributed by atoms with Gasteiger partial charge in [-0.15, -0.1) is 0 Å². The van der Waals surface area contributed by atoms with Crippen LogP contribution in [0.5, 0.6) is 0 Å². The summed E-state index contributed by atoms with van der Waals surface area (Å²) in [6.45, 7) is 6.44. The molecular formula is C23H23N5O2. The first kappa shape index (κ1) is 17.8. The van der Waals surface area contributed by atoms with Gasteiger partial charge >= 0.3 is 0 Å². The van der Waals surface area contributed by atoms with Gasteiger partial charge in [-0.3, -0.25) is 0 Å². The van der Waals surface area contributed by atoms with Gasteiger partial charge in [0.05, 0.1) is 48.5 Å². The van der Waals surface area contributed by atoms with E-state index < -0.39 is 0 Å². The van der Waals surface area contributed by atoms with Crippen molar-refractivity contribution < 1.29 is 9.47 Å². The fraction of sp³-hybridized carbons (Fsp3) is 0.348. The third kappa shape index (κ3) is 3.02. The van der Waals surface area contributed by atoms with Gasteiger partial charge in [0.1, 0.15) is 5.82 Å². The van der Waals surface area contributed by atoms with E-state index in [2.05, 4.69) is 21.9 Å². The summed E-state index contributed by atoms with van der Waals surface area (Å²) in [6.07, 6.45) is 1.97. The second-order valence-electron chi connectivity index (χ2n) is 7.76. The molecule has 152 valence electrons. The largest absolute Gasteiger partial charge is 0.378 e. The number of hydrogen-bond acceptors (Lipinski definition) is 7. The van der Waals surface area contributed by atoms with E-state index in [4.69, 9.17) is 24.4 Å². The lowest BCUT2D eigenvalue weighted by Gasteiger charge is -2.31. The van der Waals surface area contributed by atoms with Crippen LogP contribution in [-0.4, -0.2) is 67.6 Å². The van der Waals surface area contributed by atoms with Gasteiger partial charge in [-0.2, -0.15) is 0 Å². The average molecular weight is 401 g/mol. The van der Waals surface area contributed by atoms with E-state index in [1.165, 1.54) is 11.1 Å². The number of aromatic nitrogens is 3. The summed E-state index contributed by atoms with van der Waals surface area (Å²) in [4.78, 5) is 19.4. The van der Waals surface area contributed by atoms with Gasteiger partial charge in [0.2, 0.25) is 0 Å². The highest BCUT2D eigenvalue weighted by Crippen LogP contribution is 2.35. The fourth-order valence-electron chi connectivity index (χ4n) is 4.40. The van der Waals surface area contributed by atoms with Gasteiger partial charge < -0.3 is 19.3 Å². The van der Waals surface area contributed by atoms with Crippen LogP contribution in [-0.2, 0) is 9.47 Å². The maximum atomic E-state index is 5.59.